The van der Waals surface area contributed by atoms with Crippen LogP contribution in [0.1, 0.15) is 31.2 Å². The summed E-state index contributed by atoms with van der Waals surface area (Å²) in [4.78, 5) is 11.8. The molecule has 5 nitrogen and oxygen atoms in total. The van der Waals surface area contributed by atoms with Crippen molar-refractivity contribution in [2.24, 2.45) is 5.73 Å². The van der Waals surface area contributed by atoms with Crippen LogP contribution in [-0.2, 0) is 20.8 Å². The van der Waals surface area contributed by atoms with Gasteiger partial charge in [-0.3, -0.25) is 4.79 Å². The van der Waals surface area contributed by atoms with Crippen molar-refractivity contribution in [3.63, 3.8) is 0 Å². The van der Waals surface area contributed by atoms with E-state index in [1.807, 2.05) is 24.3 Å². The maximum atomic E-state index is 11.8. The van der Waals surface area contributed by atoms with E-state index in [0.717, 1.165) is 30.7 Å². The van der Waals surface area contributed by atoms with E-state index in [9.17, 15) is 4.79 Å². The van der Waals surface area contributed by atoms with Crippen molar-refractivity contribution in [1.29, 1.82) is 0 Å². The average Bonchev–Trinajstić information content (AvgIpc) is 2.53. The number of benzene rings is 1. The normalized spacial score (nSPS) is 18.4. The quantitative estimate of drug-likeness (QED) is 0.754. The molecule has 116 valence electrons. The van der Waals surface area contributed by atoms with Gasteiger partial charge in [0.05, 0.1) is 25.7 Å². The molecule has 1 saturated heterocycles. The summed E-state index contributed by atoms with van der Waals surface area (Å²) in [5.74, 6) is -0.0416. The molecule has 1 unspecified atom stereocenters. The highest BCUT2D eigenvalue weighted by molar-refractivity contribution is 5.90. The highest BCUT2D eigenvalue weighted by atomic mass is 16.5. The largest absolute Gasteiger partial charge is 0.378 e. The summed E-state index contributed by atoms with van der Waals surface area (Å²) in [5, 5.41) is 2.84. The van der Waals surface area contributed by atoms with Crippen molar-refractivity contribution in [1.82, 2.24) is 0 Å². The van der Waals surface area contributed by atoms with E-state index in [1.165, 1.54) is 6.42 Å². The van der Waals surface area contributed by atoms with Crippen molar-refractivity contribution in [3.8, 4) is 0 Å². The molecule has 5 heteroatoms. The van der Waals surface area contributed by atoms with E-state index in [-0.39, 0.29) is 12.0 Å². The molecule has 0 aliphatic carbocycles. The van der Waals surface area contributed by atoms with Crippen molar-refractivity contribution in [3.05, 3.63) is 29.8 Å². The Balaban J connectivity index is 1.60. The van der Waals surface area contributed by atoms with Crippen molar-refractivity contribution in [2.75, 3.05) is 25.1 Å². The minimum Gasteiger partial charge on any atom is -0.378 e. The molecule has 0 aromatic heterocycles. The molecule has 1 amide bonds. The summed E-state index contributed by atoms with van der Waals surface area (Å²) < 4.78 is 11.1. The first kappa shape index (κ1) is 15.9. The van der Waals surface area contributed by atoms with Gasteiger partial charge in [0.1, 0.15) is 0 Å². The number of carbonyl (C=O) groups excluding carboxylic acids is 1. The second kappa shape index (κ2) is 8.77. The van der Waals surface area contributed by atoms with E-state index in [0.29, 0.717) is 26.2 Å². The maximum Gasteiger partial charge on any atom is 0.226 e. The lowest BCUT2D eigenvalue weighted by Gasteiger charge is -2.22. The molecule has 0 bridgehead atoms. The van der Waals surface area contributed by atoms with Gasteiger partial charge >= 0.3 is 0 Å². The molecule has 1 aliphatic heterocycles. The van der Waals surface area contributed by atoms with Crippen molar-refractivity contribution in [2.45, 2.75) is 38.3 Å². The van der Waals surface area contributed by atoms with Gasteiger partial charge in [-0.2, -0.15) is 0 Å². The lowest BCUT2D eigenvalue weighted by Crippen LogP contribution is -2.25. The molecular weight excluding hydrogens is 268 g/mol. The SMILES string of the molecule is NCc1ccc(NC(=O)CCOCC2CCCCO2)cc1. The molecule has 1 heterocycles. The van der Waals surface area contributed by atoms with Crippen LogP contribution in [0.4, 0.5) is 5.69 Å². The number of anilines is 1. The summed E-state index contributed by atoms with van der Waals surface area (Å²) in [6.45, 7) is 2.34. The Morgan fingerprint density at radius 3 is 2.81 bits per heavy atom. The summed E-state index contributed by atoms with van der Waals surface area (Å²) in [6.07, 6.45) is 3.95. The van der Waals surface area contributed by atoms with Gasteiger partial charge in [-0.25, -0.2) is 0 Å². The predicted octanol–water partition coefficient (Wildman–Crippen LogP) is 2.06. The number of nitrogens with two attached hydrogens (primary N) is 1. The van der Waals surface area contributed by atoms with Crippen LogP contribution in [0.2, 0.25) is 0 Å². The van der Waals surface area contributed by atoms with Gasteiger partial charge in [0, 0.05) is 18.8 Å². The van der Waals surface area contributed by atoms with E-state index >= 15 is 0 Å². The number of nitrogens with one attached hydrogen (secondary N) is 1. The summed E-state index contributed by atoms with van der Waals surface area (Å²) in [5.41, 5.74) is 7.36. The Morgan fingerprint density at radius 1 is 1.33 bits per heavy atom. The third-order valence-electron chi connectivity index (χ3n) is 3.52. The molecule has 1 aromatic carbocycles. The second-order valence-corrected chi connectivity index (χ2v) is 5.26. The molecule has 1 aromatic rings. The van der Waals surface area contributed by atoms with Crippen LogP contribution in [0, 0.1) is 0 Å². The molecule has 0 saturated carbocycles. The van der Waals surface area contributed by atoms with Gasteiger partial charge in [-0.1, -0.05) is 12.1 Å². The first-order valence-electron chi connectivity index (χ1n) is 7.56. The molecule has 1 atom stereocenters. The van der Waals surface area contributed by atoms with Crippen LogP contribution in [0.5, 0.6) is 0 Å². The van der Waals surface area contributed by atoms with Crippen LogP contribution >= 0.6 is 0 Å². The smallest absolute Gasteiger partial charge is 0.226 e. The third-order valence-corrected chi connectivity index (χ3v) is 3.52. The predicted molar refractivity (Wildman–Crippen MR) is 82.0 cm³/mol. The molecular formula is C16H24N2O3. The minimum absolute atomic E-state index is 0.0416. The van der Waals surface area contributed by atoms with Gasteiger partial charge in [-0.15, -0.1) is 0 Å². The molecule has 0 spiro atoms. The lowest BCUT2D eigenvalue weighted by atomic mass is 10.1. The fourth-order valence-electron chi connectivity index (χ4n) is 2.27. The second-order valence-electron chi connectivity index (χ2n) is 5.26. The number of hydrogen-bond acceptors (Lipinski definition) is 4. The maximum absolute atomic E-state index is 11.8. The Kier molecular flexibility index (Phi) is 6.66. The van der Waals surface area contributed by atoms with E-state index in [4.69, 9.17) is 15.2 Å². The van der Waals surface area contributed by atoms with Gasteiger partial charge in [0.2, 0.25) is 5.91 Å². The first-order chi connectivity index (χ1) is 10.3. The standard InChI is InChI=1S/C16H24N2O3/c17-11-13-4-6-14(7-5-13)18-16(19)8-10-20-12-15-3-1-2-9-21-15/h4-7,15H,1-3,8-12,17H2,(H,18,19). The Hall–Kier alpha value is -1.43. The number of ether oxygens (including phenoxy) is 2. The Labute approximate surface area is 125 Å². The highest BCUT2D eigenvalue weighted by Gasteiger charge is 2.13. The first-order valence-corrected chi connectivity index (χ1v) is 7.56. The Bertz CT molecular complexity index is 428. The van der Waals surface area contributed by atoms with Crippen molar-refractivity contribution < 1.29 is 14.3 Å². The van der Waals surface area contributed by atoms with E-state index in [1.54, 1.807) is 0 Å². The molecule has 3 N–H and O–H groups in total. The van der Waals surface area contributed by atoms with Crippen LogP contribution < -0.4 is 11.1 Å². The molecule has 2 rings (SSSR count). The average molecular weight is 292 g/mol. The topological polar surface area (TPSA) is 73.6 Å². The molecule has 21 heavy (non-hydrogen) atoms. The van der Waals surface area contributed by atoms with E-state index < -0.39 is 0 Å². The van der Waals surface area contributed by atoms with Crippen LogP contribution in [0.25, 0.3) is 0 Å². The highest BCUT2D eigenvalue weighted by Crippen LogP contribution is 2.13. The summed E-state index contributed by atoms with van der Waals surface area (Å²) in [6, 6.07) is 7.53. The fourth-order valence-corrected chi connectivity index (χ4v) is 2.27. The number of rotatable bonds is 7. The van der Waals surface area contributed by atoms with Crippen molar-refractivity contribution >= 4 is 11.6 Å². The molecule has 1 fully saturated rings. The van der Waals surface area contributed by atoms with Gasteiger partial charge in [0.25, 0.3) is 0 Å². The zero-order valence-electron chi connectivity index (χ0n) is 12.3. The monoisotopic (exact) mass is 292 g/mol. The van der Waals surface area contributed by atoms with E-state index in [2.05, 4.69) is 5.32 Å². The summed E-state index contributed by atoms with van der Waals surface area (Å²) >= 11 is 0. The zero-order chi connectivity index (χ0) is 14.9. The number of amides is 1. The van der Waals surface area contributed by atoms with Gasteiger partial charge in [-0.05, 0) is 37.0 Å². The number of hydrogen-bond donors (Lipinski definition) is 2. The fraction of sp³-hybridized carbons (Fsp3) is 0.562. The lowest BCUT2D eigenvalue weighted by molar-refractivity contribution is -0.117. The number of carbonyl (C=O) groups is 1. The molecule has 0 radical (unpaired) electrons. The minimum atomic E-state index is -0.0416. The third kappa shape index (κ3) is 5.83. The van der Waals surface area contributed by atoms with Crippen LogP contribution in [0.15, 0.2) is 24.3 Å². The zero-order valence-corrected chi connectivity index (χ0v) is 12.3. The summed E-state index contributed by atoms with van der Waals surface area (Å²) in [7, 11) is 0. The van der Waals surface area contributed by atoms with Gasteiger partial charge < -0.3 is 20.5 Å². The van der Waals surface area contributed by atoms with Gasteiger partial charge in [0.15, 0.2) is 0 Å². The Morgan fingerprint density at radius 2 is 2.14 bits per heavy atom. The van der Waals surface area contributed by atoms with Crippen LogP contribution in [-0.4, -0.2) is 31.8 Å². The molecule has 1 aliphatic rings. The van der Waals surface area contributed by atoms with Crippen LogP contribution in [0.3, 0.4) is 0 Å².